The van der Waals surface area contributed by atoms with Crippen molar-refractivity contribution in [1.82, 2.24) is 9.88 Å². The minimum Gasteiger partial charge on any atom is -0.377 e. The van der Waals surface area contributed by atoms with Gasteiger partial charge in [0.1, 0.15) is 0 Å². The Bertz CT molecular complexity index is 726. The fraction of sp³-hybridized carbons (Fsp3) is 0.591. The molecule has 0 radical (unpaired) electrons. The topological polar surface area (TPSA) is 43.3 Å². The Labute approximate surface area is 168 Å². The van der Waals surface area contributed by atoms with Gasteiger partial charge in [0.15, 0.2) is 5.78 Å². The van der Waals surface area contributed by atoms with Crippen LogP contribution in [0.1, 0.15) is 63.2 Å². The summed E-state index contributed by atoms with van der Waals surface area (Å²) < 4.78 is 8.04. The Balaban J connectivity index is 1.77. The molecule has 5 heteroatoms. The van der Waals surface area contributed by atoms with Crippen LogP contribution < -0.4 is 5.32 Å². The molecule has 1 atom stereocenters. The first-order valence-corrected chi connectivity index (χ1v) is 10.6. The second-order valence-corrected chi connectivity index (χ2v) is 7.48. The average Bonchev–Trinajstić information content (AvgIpc) is 3.03. The molecule has 0 aliphatic heterocycles. The molecule has 4 nitrogen and oxygen atoms in total. The van der Waals surface area contributed by atoms with Crippen LogP contribution >= 0.6 is 11.6 Å². The van der Waals surface area contributed by atoms with E-state index in [0.717, 1.165) is 62.0 Å². The molecule has 0 fully saturated rings. The molecule has 0 saturated carbocycles. The van der Waals surface area contributed by atoms with E-state index in [-0.39, 0.29) is 5.78 Å². The van der Waals surface area contributed by atoms with E-state index in [1.807, 2.05) is 24.4 Å². The first-order valence-electron chi connectivity index (χ1n) is 10.2. The Hall–Kier alpha value is -1.36. The molecule has 0 saturated heterocycles. The van der Waals surface area contributed by atoms with Gasteiger partial charge in [0, 0.05) is 30.2 Å². The van der Waals surface area contributed by atoms with Gasteiger partial charge in [-0.25, -0.2) is 0 Å². The Morgan fingerprint density at radius 2 is 2.07 bits per heavy atom. The summed E-state index contributed by atoms with van der Waals surface area (Å²) in [5.74, 6) is 0.0739. The zero-order valence-corrected chi connectivity index (χ0v) is 17.6. The smallest absolute Gasteiger partial charge is 0.161 e. The number of nitrogens with one attached hydrogen (secondary N) is 1. The molecule has 2 aromatic rings. The molecule has 1 aromatic heterocycles. The highest BCUT2D eigenvalue weighted by Crippen LogP contribution is 2.28. The predicted octanol–water partition coefficient (Wildman–Crippen LogP) is 5.46. The number of carbonyl (C=O) groups is 1. The number of aryl methyl sites for hydroxylation is 1. The second-order valence-electron chi connectivity index (χ2n) is 7.08. The molecule has 0 amide bonds. The molecule has 0 aliphatic rings. The number of Topliss-reactive ketones (excluding diaryl/α,β-unsaturated/α-hetero) is 1. The third-order valence-electron chi connectivity index (χ3n) is 4.95. The first kappa shape index (κ1) is 21.9. The third kappa shape index (κ3) is 6.34. The van der Waals surface area contributed by atoms with Crippen molar-refractivity contribution in [3.63, 3.8) is 0 Å². The van der Waals surface area contributed by atoms with Gasteiger partial charge in [0.05, 0.1) is 23.3 Å². The normalized spacial score (nSPS) is 12.6. The molecular formula is C22H33ClN2O2. The summed E-state index contributed by atoms with van der Waals surface area (Å²) in [6, 6.07) is 5.74. The van der Waals surface area contributed by atoms with Crippen LogP contribution in [0.15, 0.2) is 24.4 Å². The number of benzene rings is 1. The number of unbranched alkanes of at least 4 members (excludes halogenated alkanes) is 1. The number of carbonyl (C=O) groups excluding carboxylic acids is 1. The number of para-hydroxylation sites is 1. The molecule has 2 rings (SSSR count). The van der Waals surface area contributed by atoms with E-state index in [2.05, 4.69) is 23.7 Å². The summed E-state index contributed by atoms with van der Waals surface area (Å²) in [6.07, 6.45) is 8.00. The lowest BCUT2D eigenvalue weighted by molar-refractivity contribution is 0.0454. The molecule has 1 N–H and O–H groups in total. The number of ketones is 1. The quantitative estimate of drug-likeness (QED) is 0.363. The van der Waals surface area contributed by atoms with Crippen molar-refractivity contribution in [1.29, 1.82) is 0 Å². The molecule has 1 unspecified atom stereocenters. The van der Waals surface area contributed by atoms with Gasteiger partial charge in [-0.3, -0.25) is 4.79 Å². The molecule has 0 spiro atoms. The van der Waals surface area contributed by atoms with Gasteiger partial charge in [0.25, 0.3) is 0 Å². The van der Waals surface area contributed by atoms with E-state index >= 15 is 0 Å². The number of aromatic nitrogens is 1. The van der Waals surface area contributed by atoms with Gasteiger partial charge in [-0.1, -0.05) is 50.4 Å². The van der Waals surface area contributed by atoms with E-state index in [1.54, 1.807) is 6.92 Å². The van der Waals surface area contributed by atoms with E-state index < -0.39 is 0 Å². The summed E-state index contributed by atoms with van der Waals surface area (Å²) >= 11 is 6.38. The van der Waals surface area contributed by atoms with Crippen molar-refractivity contribution in [2.75, 3.05) is 19.7 Å². The maximum Gasteiger partial charge on any atom is 0.161 e. The van der Waals surface area contributed by atoms with Gasteiger partial charge in [-0.15, -0.1) is 0 Å². The van der Waals surface area contributed by atoms with Gasteiger partial charge >= 0.3 is 0 Å². The summed E-state index contributed by atoms with van der Waals surface area (Å²) in [5, 5.41) is 5.08. The minimum absolute atomic E-state index is 0.0739. The molecule has 0 bridgehead atoms. The standard InChI is InChI=1S/C22H33ClN2O2/c1-4-6-9-18(5-2)27-15-13-24-12-8-14-25-16-20(17(3)26)19-10-7-11-21(23)22(19)25/h7,10-11,16,18,24H,4-6,8-9,12-15H2,1-3H3. The number of ether oxygens (including phenoxy) is 1. The number of rotatable bonds is 13. The lowest BCUT2D eigenvalue weighted by Crippen LogP contribution is -2.24. The van der Waals surface area contributed by atoms with E-state index in [0.29, 0.717) is 11.1 Å². The summed E-state index contributed by atoms with van der Waals surface area (Å²) in [4.78, 5) is 11.9. The highest BCUT2D eigenvalue weighted by atomic mass is 35.5. The number of hydrogen-bond donors (Lipinski definition) is 1. The van der Waals surface area contributed by atoms with Crippen molar-refractivity contribution < 1.29 is 9.53 Å². The maximum absolute atomic E-state index is 11.9. The predicted molar refractivity (Wildman–Crippen MR) is 114 cm³/mol. The molecule has 1 heterocycles. The van der Waals surface area contributed by atoms with Crippen molar-refractivity contribution in [2.45, 2.75) is 65.5 Å². The zero-order chi connectivity index (χ0) is 19.6. The maximum atomic E-state index is 11.9. The number of hydrogen-bond acceptors (Lipinski definition) is 3. The minimum atomic E-state index is 0.0739. The van der Waals surface area contributed by atoms with Crippen molar-refractivity contribution in [3.8, 4) is 0 Å². The largest absolute Gasteiger partial charge is 0.377 e. The van der Waals surface area contributed by atoms with E-state index in [1.165, 1.54) is 12.8 Å². The lowest BCUT2D eigenvalue weighted by Gasteiger charge is -2.16. The Morgan fingerprint density at radius 3 is 2.78 bits per heavy atom. The SMILES string of the molecule is CCCCC(CC)OCCNCCCn1cc(C(C)=O)c2cccc(Cl)c21. The van der Waals surface area contributed by atoms with Crippen molar-refractivity contribution in [3.05, 3.63) is 35.0 Å². The van der Waals surface area contributed by atoms with Crippen LogP contribution in [0.2, 0.25) is 5.02 Å². The van der Waals surface area contributed by atoms with Crippen LogP contribution in [-0.2, 0) is 11.3 Å². The molecule has 27 heavy (non-hydrogen) atoms. The van der Waals surface area contributed by atoms with Crippen LogP contribution in [0.4, 0.5) is 0 Å². The lowest BCUT2D eigenvalue weighted by atomic mass is 10.1. The summed E-state index contributed by atoms with van der Waals surface area (Å²) in [6.45, 7) is 9.38. The van der Waals surface area contributed by atoms with Gasteiger partial charge < -0.3 is 14.6 Å². The Morgan fingerprint density at radius 1 is 1.26 bits per heavy atom. The number of halogens is 1. The fourth-order valence-corrected chi connectivity index (χ4v) is 3.69. The molecule has 0 aliphatic carbocycles. The van der Waals surface area contributed by atoms with Crippen LogP contribution in [0.25, 0.3) is 10.9 Å². The van der Waals surface area contributed by atoms with Crippen molar-refractivity contribution >= 4 is 28.3 Å². The van der Waals surface area contributed by atoms with Crippen LogP contribution in [-0.4, -0.2) is 36.2 Å². The molecular weight excluding hydrogens is 360 g/mol. The van der Waals surface area contributed by atoms with Crippen LogP contribution in [0, 0.1) is 0 Å². The van der Waals surface area contributed by atoms with Gasteiger partial charge in [-0.05, 0) is 38.8 Å². The van der Waals surface area contributed by atoms with Gasteiger partial charge in [-0.2, -0.15) is 0 Å². The third-order valence-corrected chi connectivity index (χ3v) is 5.25. The second kappa shape index (κ2) is 11.5. The zero-order valence-electron chi connectivity index (χ0n) is 16.9. The fourth-order valence-electron chi connectivity index (χ4n) is 3.41. The first-order chi connectivity index (χ1) is 13.1. The monoisotopic (exact) mass is 392 g/mol. The van der Waals surface area contributed by atoms with E-state index in [9.17, 15) is 4.79 Å². The molecule has 1 aromatic carbocycles. The number of fused-ring (bicyclic) bond motifs is 1. The summed E-state index contributed by atoms with van der Waals surface area (Å²) in [7, 11) is 0. The van der Waals surface area contributed by atoms with Crippen LogP contribution in [0.3, 0.4) is 0 Å². The summed E-state index contributed by atoms with van der Waals surface area (Å²) in [5.41, 5.74) is 1.70. The van der Waals surface area contributed by atoms with Crippen molar-refractivity contribution in [2.24, 2.45) is 0 Å². The Kier molecular flexibility index (Phi) is 9.32. The molecule has 150 valence electrons. The highest BCUT2D eigenvalue weighted by molar-refractivity contribution is 6.35. The van der Waals surface area contributed by atoms with Gasteiger partial charge in [0.2, 0.25) is 0 Å². The number of nitrogens with zero attached hydrogens (tertiary/aromatic N) is 1. The van der Waals surface area contributed by atoms with Crippen LogP contribution in [0.5, 0.6) is 0 Å². The average molecular weight is 393 g/mol. The highest BCUT2D eigenvalue weighted by Gasteiger charge is 2.13. The van der Waals surface area contributed by atoms with E-state index in [4.69, 9.17) is 16.3 Å².